The molecule has 0 radical (unpaired) electrons. The van der Waals surface area contributed by atoms with E-state index in [9.17, 15) is 33.9 Å². The summed E-state index contributed by atoms with van der Waals surface area (Å²) in [5.74, 6) is -2.43. The number of aliphatic hydroxyl groups is 1. The largest absolute Gasteiger partial charge is 0.465 e. The maximum atomic E-state index is 12.7. The van der Waals surface area contributed by atoms with Crippen LogP contribution in [0.1, 0.15) is 194 Å². The molecule has 0 atom stereocenters. The molecule has 0 aromatic heterocycles. The molecular formula is C50H84O13. The second-order valence-corrected chi connectivity index (χ2v) is 16.2. The van der Waals surface area contributed by atoms with Crippen molar-refractivity contribution >= 4 is 35.8 Å². The van der Waals surface area contributed by atoms with Crippen LogP contribution in [0.4, 0.5) is 0 Å². The maximum absolute atomic E-state index is 12.7. The Morgan fingerprint density at radius 1 is 0.349 bits per heavy atom. The van der Waals surface area contributed by atoms with Crippen LogP contribution in [-0.4, -0.2) is 87.2 Å². The van der Waals surface area contributed by atoms with Crippen molar-refractivity contribution in [2.45, 2.75) is 194 Å². The molecule has 1 N–H and O–H groups in total. The van der Waals surface area contributed by atoms with E-state index in [-0.39, 0.29) is 76.3 Å². The van der Waals surface area contributed by atoms with Gasteiger partial charge in [0.2, 0.25) is 0 Å². The van der Waals surface area contributed by atoms with E-state index in [4.69, 9.17) is 28.4 Å². The number of ether oxygens (including phenoxy) is 6. The lowest BCUT2D eigenvalue weighted by atomic mass is 9.92. The monoisotopic (exact) mass is 893 g/mol. The lowest BCUT2D eigenvalue weighted by molar-refractivity contribution is -0.165. The van der Waals surface area contributed by atoms with Crippen molar-refractivity contribution in [3.05, 3.63) is 36.5 Å². The average molecular weight is 893 g/mol. The molecule has 0 amide bonds. The van der Waals surface area contributed by atoms with Crippen molar-refractivity contribution in [2.24, 2.45) is 5.41 Å². The first kappa shape index (κ1) is 59.0. The second kappa shape index (κ2) is 43.3. The first-order chi connectivity index (χ1) is 30.6. The summed E-state index contributed by atoms with van der Waals surface area (Å²) in [6.45, 7) is 5.80. The van der Waals surface area contributed by atoms with Gasteiger partial charge in [0.05, 0.1) is 31.8 Å². The molecule has 362 valence electrons. The van der Waals surface area contributed by atoms with Gasteiger partial charge in [-0.1, -0.05) is 115 Å². The molecule has 0 aliphatic carbocycles. The topological polar surface area (TPSA) is 178 Å². The Bertz CT molecular complexity index is 1140. The van der Waals surface area contributed by atoms with Crippen molar-refractivity contribution in [3.8, 4) is 0 Å². The zero-order valence-electron chi connectivity index (χ0n) is 39.4. The van der Waals surface area contributed by atoms with Gasteiger partial charge in [-0.15, -0.1) is 0 Å². The van der Waals surface area contributed by atoms with Gasteiger partial charge in [-0.05, 0) is 77.0 Å². The summed E-state index contributed by atoms with van der Waals surface area (Å²) < 4.78 is 32.3. The number of rotatable bonds is 43. The Balaban J connectivity index is 4.84. The first-order valence-corrected chi connectivity index (χ1v) is 24.1. The SMILES string of the molecule is CCCC/C=C\CCOC(=O)CCCCCC(=O)OCC(CO)(COC(=O)CCCCCC(=O)OCC/C=C\CCCC)COC(=O)CCCCCC(=O)OCC/C=C\CCCC. The van der Waals surface area contributed by atoms with E-state index in [0.29, 0.717) is 96.9 Å². The van der Waals surface area contributed by atoms with Crippen LogP contribution in [0.15, 0.2) is 36.5 Å². The van der Waals surface area contributed by atoms with E-state index in [1.807, 2.05) is 18.2 Å². The molecule has 0 rings (SSSR count). The molecule has 0 saturated carbocycles. The van der Waals surface area contributed by atoms with Crippen LogP contribution >= 0.6 is 0 Å². The number of hydrogen-bond acceptors (Lipinski definition) is 13. The van der Waals surface area contributed by atoms with Crippen molar-refractivity contribution in [2.75, 3.05) is 46.2 Å². The summed E-state index contributed by atoms with van der Waals surface area (Å²) in [7, 11) is 0. The molecule has 0 aromatic rings. The number of allylic oxidation sites excluding steroid dienone is 3. The third-order valence-corrected chi connectivity index (χ3v) is 10.1. The molecule has 0 spiro atoms. The Kier molecular flexibility index (Phi) is 40.5. The van der Waals surface area contributed by atoms with Crippen molar-refractivity contribution in [1.82, 2.24) is 0 Å². The van der Waals surface area contributed by atoms with E-state index in [1.165, 1.54) is 0 Å². The summed E-state index contributed by atoms with van der Waals surface area (Å²) in [4.78, 5) is 74.2. The van der Waals surface area contributed by atoms with Gasteiger partial charge < -0.3 is 33.5 Å². The Morgan fingerprint density at radius 3 is 0.825 bits per heavy atom. The van der Waals surface area contributed by atoms with Crippen LogP contribution in [-0.2, 0) is 57.2 Å². The lowest BCUT2D eigenvalue weighted by Gasteiger charge is -2.30. The van der Waals surface area contributed by atoms with Gasteiger partial charge in [0.1, 0.15) is 19.8 Å². The van der Waals surface area contributed by atoms with E-state index in [1.54, 1.807) is 0 Å². The summed E-state index contributed by atoms with van der Waals surface area (Å²) in [5, 5.41) is 10.5. The fraction of sp³-hybridized carbons (Fsp3) is 0.760. The highest BCUT2D eigenvalue weighted by Crippen LogP contribution is 2.21. The van der Waals surface area contributed by atoms with Crippen LogP contribution in [0.3, 0.4) is 0 Å². The van der Waals surface area contributed by atoms with Crippen LogP contribution in [0.2, 0.25) is 0 Å². The fourth-order valence-corrected chi connectivity index (χ4v) is 5.94. The number of unbranched alkanes of at least 4 members (excludes halogenated alkanes) is 12. The number of carbonyl (C=O) groups excluding carboxylic acids is 6. The molecule has 13 nitrogen and oxygen atoms in total. The van der Waals surface area contributed by atoms with Crippen LogP contribution < -0.4 is 0 Å². The number of aliphatic hydroxyl groups excluding tert-OH is 1. The first-order valence-electron chi connectivity index (χ1n) is 24.1. The average Bonchev–Trinajstić information content (AvgIpc) is 3.27. The number of carbonyl (C=O) groups is 6. The van der Waals surface area contributed by atoms with Gasteiger partial charge in [-0.25, -0.2) is 0 Å². The minimum absolute atomic E-state index is 0.0754. The zero-order chi connectivity index (χ0) is 46.5. The predicted octanol–water partition coefficient (Wildman–Crippen LogP) is 10.5. The van der Waals surface area contributed by atoms with Crippen LogP contribution in [0.25, 0.3) is 0 Å². The zero-order valence-corrected chi connectivity index (χ0v) is 39.4. The van der Waals surface area contributed by atoms with Gasteiger partial charge in [0.25, 0.3) is 0 Å². The standard InChI is InChI=1S/C50H84O13/c1-4-7-10-13-16-28-37-58-44(52)31-22-19-25-34-47(55)61-41-50(40-51,42-62-48(56)35-26-20-23-32-45(53)59-38-29-17-14-11-8-5-2)43-63-49(57)36-27-21-24-33-46(54)60-39-30-18-15-12-9-6-3/h13-18,51H,4-12,19-43H2,1-3H3/b16-13-,17-14-,18-15-. The van der Waals surface area contributed by atoms with Crippen LogP contribution in [0.5, 0.6) is 0 Å². The van der Waals surface area contributed by atoms with E-state index in [0.717, 1.165) is 57.8 Å². The third kappa shape index (κ3) is 39.3. The summed E-state index contributed by atoms with van der Waals surface area (Å²) >= 11 is 0. The molecule has 13 heteroatoms. The quantitative estimate of drug-likeness (QED) is 0.0265. The predicted molar refractivity (Wildman–Crippen MR) is 244 cm³/mol. The lowest BCUT2D eigenvalue weighted by Crippen LogP contribution is -2.42. The Labute approximate surface area is 379 Å². The molecule has 63 heavy (non-hydrogen) atoms. The number of hydrogen-bond donors (Lipinski definition) is 1. The Morgan fingerprint density at radius 2 is 0.587 bits per heavy atom. The highest BCUT2D eigenvalue weighted by atomic mass is 16.6. The maximum Gasteiger partial charge on any atom is 0.305 e. The third-order valence-electron chi connectivity index (χ3n) is 10.1. The van der Waals surface area contributed by atoms with Crippen molar-refractivity contribution < 1.29 is 62.3 Å². The summed E-state index contributed by atoms with van der Waals surface area (Å²) in [5.41, 5.74) is -1.39. The molecule has 0 aliphatic rings. The minimum Gasteiger partial charge on any atom is -0.465 e. The smallest absolute Gasteiger partial charge is 0.305 e. The normalized spacial score (nSPS) is 11.6. The molecule has 0 unspecified atom stereocenters. The minimum atomic E-state index is -1.39. The Hall–Kier alpha value is -4.00. The molecule has 0 aliphatic heterocycles. The van der Waals surface area contributed by atoms with Gasteiger partial charge in [-0.3, -0.25) is 28.8 Å². The van der Waals surface area contributed by atoms with E-state index in [2.05, 4.69) is 39.0 Å². The molecule has 0 fully saturated rings. The molecule has 0 aromatic carbocycles. The van der Waals surface area contributed by atoms with Gasteiger partial charge in [0.15, 0.2) is 0 Å². The van der Waals surface area contributed by atoms with E-state index < -0.39 is 29.9 Å². The van der Waals surface area contributed by atoms with Crippen molar-refractivity contribution in [3.63, 3.8) is 0 Å². The van der Waals surface area contributed by atoms with Gasteiger partial charge in [0, 0.05) is 38.5 Å². The summed E-state index contributed by atoms with van der Waals surface area (Å²) in [6, 6.07) is 0. The van der Waals surface area contributed by atoms with Crippen LogP contribution in [0, 0.1) is 5.41 Å². The molecule has 0 saturated heterocycles. The second-order valence-electron chi connectivity index (χ2n) is 16.2. The van der Waals surface area contributed by atoms with E-state index >= 15 is 0 Å². The van der Waals surface area contributed by atoms with Crippen molar-refractivity contribution in [1.29, 1.82) is 0 Å². The molecule has 0 heterocycles. The fourth-order valence-electron chi connectivity index (χ4n) is 5.94. The van der Waals surface area contributed by atoms with Gasteiger partial charge >= 0.3 is 35.8 Å². The van der Waals surface area contributed by atoms with Gasteiger partial charge in [-0.2, -0.15) is 0 Å². The summed E-state index contributed by atoms with van der Waals surface area (Å²) in [6.07, 6.45) is 30.3. The number of esters is 6. The highest BCUT2D eigenvalue weighted by Gasteiger charge is 2.35. The highest BCUT2D eigenvalue weighted by molar-refractivity contribution is 5.71. The molecular weight excluding hydrogens is 809 g/mol. The molecule has 0 bridgehead atoms.